The van der Waals surface area contributed by atoms with Crippen LogP contribution in [0.15, 0.2) is 11.0 Å². The molecule has 0 amide bonds. The number of alkyl halides is 2. The van der Waals surface area contributed by atoms with Gasteiger partial charge < -0.3 is 4.74 Å². The Kier molecular flexibility index (Phi) is 3.64. The van der Waals surface area contributed by atoms with E-state index in [1.807, 2.05) is 0 Å². The van der Waals surface area contributed by atoms with Gasteiger partial charge in [0, 0.05) is 16.7 Å². The Labute approximate surface area is 93.4 Å². The fraction of sp³-hybridized carbons (Fsp3) is 0.286. The van der Waals surface area contributed by atoms with Crippen LogP contribution in [0.5, 0.6) is 5.75 Å². The Bertz CT molecular complexity index is 506. The van der Waals surface area contributed by atoms with Gasteiger partial charge >= 0.3 is 0 Å². The molecule has 0 N–H and O–H groups in total. The molecule has 0 saturated heterocycles. The van der Waals surface area contributed by atoms with Crippen molar-refractivity contribution in [2.75, 3.05) is 7.11 Å². The number of nitrogens with zero attached hydrogens (tertiary/aromatic N) is 1. The molecule has 1 aromatic heterocycles. The van der Waals surface area contributed by atoms with Gasteiger partial charge in [-0.25, -0.2) is 22.2 Å². The molecule has 16 heavy (non-hydrogen) atoms. The van der Waals surface area contributed by atoms with Crippen LogP contribution in [0.4, 0.5) is 13.2 Å². The molecule has 0 fully saturated rings. The standard InChI is InChI=1S/C7H5ClF3NO3S/c1-15-6-3(16(8,13)14)2-4(9)12-5(6)7(10)11/h2,7H,1H3. The second kappa shape index (κ2) is 4.46. The van der Waals surface area contributed by atoms with E-state index in [0.717, 1.165) is 7.11 Å². The first kappa shape index (κ1) is 13.0. The summed E-state index contributed by atoms with van der Waals surface area (Å²) in [5.41, 5.74) is -1.11. The highest BCUT2D eigenvalue weighted by molar-refractivity contribution is 8.13. The van der Waals surface area contributed by atoms with Crippen molar-refractivity contribution in [1.29, 1.82) is 0 Å². The van der Waals surface area contributed by atoms with Crippen LogP contribution < -0.4 is 4.74 Å². The highest BCUT2D eigenvalue weighted by Gasteiger charge is 2.26. The predicted molar refractivity (Wildman–Crippen MR) is 48.7 cm³/mol. The van der Waals surface area contributed by atoms with E-state index in [-0.39, 0.29) is 0 Å². The highest BCUT2D eigenvalue weighted by Crippen LogP contribution is 2.34. The lowest BCUT2D eigenvalue weighted by molar-refractivity contribution is 0.139. The molecule has 0 radical (unpaired) electrons. The summed E-state index contributed by atoms with van der Waals surface area (Å²) in [6, 6.07) is 0.410. The van der Waals surface area contributed by atoms with E-state index in [0.29, 0.717) is 6.07 Å². The first-order valence-electron chi connectivity index (χ1n) is 3.74. The van der Waals surface area contributed by atoms with Crippen LogP contribution in [-0.2, 0) is 9.05 Å². The highest BCUT2D eigenvalue weighted by atomic mass is 35.7. The van der Waals surface area contributed by atoms with Gasteiger partial charge in [0.15, 0.2) is 11.4 Å². The number of hydrogen-bond donors (Lipinski definition) is 0. The zero-order valence-corrected chi connectivity index (χ0v) is 9.32. The fourth-order valence-electron chi connectivity index (χ4n) is 1.03. The molecular formula is C7H5ClF3NO3S. The lowest BCUT2D eigenvalue weighted by Gasteiger charge is -2.10. The molecule has 0 saturated carbocycles. The maximum absolute atomic E-state index is 12.8. The number of methoxy groups -OCH3 is 1. The van der Waals surface area contributed by atoms with Crippen LogP contribution >= 0.6 is 10.7 Å². The largest absolute Gasteiger partial charge is 0.493 e. The maximum Gasteiger partial charge on any atom is 0.284 e. The van der Waals surface area contributed by atoms with Gasteiger partial charge in [-0.2, -0.15) is 4.39 Å². The first-order chi connectivity index (χ1) is 7.27. The summed E-state index contributed by atoms with van der Waals surface area (Å²) in [5.74, 6) is -2.14. The van der Waals surface area contributed by atoms with Gasteiger partial charge in [0.1, 0.15) is 4.90 Å². The van der Waals surface area contributed by atoms with Crippen LogP contribution in [-0.4, -0.2) is 20.5 Å². The Morgan fingerprint density at radius 1 is 1.50 bits per heavy atom. The first-order valence-corrected chi connectivity index (χ1v) is 6.05. The molecule has 0 atom stereocenters. The molecule has 0 bridgehead atoms. The molecule has 0 aliphatic carbocycles. The number of rotatable bonds is 3. The van der Waals surface area contributed by atoms with E-state index >= 15 is 0 Å². The minimum Gasteiger partial charge on any atom is -0.493 e. The van der Waals surface area contributed by atoms with Gasteiger partial charge in [0.25, 0.3) is 15.5 Å². The van der Waals surface area contributed by atoms with E-state index in [2.05, 4.69) is 9.72 Å². The normalized spacial score (nSPS) is 11.9. The molecular weight excluding hydrogens is 271 g/mol. The second-order valence-corrected chi connectivity index (χ2v) is 5.13. The van der Waals surface area contributed by atoms with Crippen LogP contribution in [0.25, 0.3) is 0 Å². The van der Waals surface area contributed by atoms with Gasteiger partial charge in [0.2, 0.25) is 5.95 Å². The van der Waals surface area contributed by atoms with Crippen molar-refractivity contribution in [2.45, 2.75) is 11.3 Å². The van der Waals surface area contributed by atoms with Crippen molar-refractivity contribution in [3.8, 4) is 5.75 Å². The Balaban J connectivity index is 3.62. The smallest absolute Gasteiger partial charge is 0.284 e. The number of ether oxygens (including phenoxy) is 1. The molecule has 9 heteroatoms. The van der Waals surface area contributed by atoms with Crippen molar-refractivity contribution in [3.05, 3.63) is 17.7 Å². The average molecular weight is 276 g/mol. The molecule has 0 aliphatic rings. The fourth-order valence-corrected chi connectivity index (χ4v) is 2.02. The van der Waals surface area contributed by atoms with Crippen molar-refractivity contribution in [3.63, 3.8) is 0 Å². The topological polar surface area (TPSA) is 56.3 Å². The zero-order chi connectivity index (χ0) is 12.5. The third kappa shape index (κ3) is 2.56. The van der Waals surface area contributed by atoms with Gasteiger partial charge in [0.05, 0.1) is 7.11 Å². The molecule has 0 aromatic carbocycles. The second-order valence-electron chi connectivity index (χ2n) is 2.60. The van der Waals surface area contributed by atoms with Crippen LogP contribution in [0.1, 0.15) is 12.1 Å². The van der Waals surface area contributed by atoms with Crippen LogP contribution in [0, 0.1) is 5.95 Å². The summed E-state index contributed by atoms with van der Waals surface area (Å²) >= 11 is 0. The summed E-state index contributed by atoms with van der Waals surface area (Å²) in [6.07, 6.45) is -3.18. The molecule has 1 aromatic rings. The molecule has 0 aliphatic heterocycles. The SMILES string of the molecule is COc1c(S(=O)(=O)Cl)cc(F)nc1C(F)F. The third-order valence-corrected chi connectivity index (χ3v) is 2.93. The van der Waals surface area contributed by atoms with E-state index < -0.39 is 37.8 Å². The Morgan fingerprint density at radius 3 is 2.44 bits per heavy atom. The monoisotopic (exact) mass is 275 g/mol. The quantitative estimate of drug-likeness (QED) is 0.626. The molecule has 1 heterocycles. The van der Waals surface area contributed by atoms with E-state index in [1.54, 1.807) is 0 Å². The van der Waals surface area contributed by atoms with Gasteiger partial charge in [-0.3, -0.25) is 0 Å². The molecule has 0 unspecified atom stereocenters. The lowest BCUT2D eigenvalue weighted by atomic mass is 10.3. The minimum atomic E-state index is -4.39. The summed E-state index contributed by atoms with van der Waals surface area (Å²) < 4.78 is 64.1. The predicted octanol–water partition coefficient (Wildman–Crippen LogP) is 2.09. The summed E-state index contributed by atoms with van der Waals surface area (Å²) in [7, 11) is 1.50. The third-order valence-electron chi connectivity index (χ3n) is 1.61. The lowest BCUT2D eigenvalue weighted by Crippen LogP contribution is -2.05. The van der Waals surface area contributed by atoms with Gasteiger partial charge in [-0.05, 0) is 0 Å². The minimum absolute atomic E-state index is 0.410. The van der Waals surface area contributed by atoms with Crippen LogP contribution in [0.2, 0.25) is 0 Å². The number of hydrogen-bond acceptors (Lipinski definition) is 4. The number of halogens is 4. The van der Waals surface area contributed by atoms with Gasteiger partial charge in [-0.1, -0.05) is 0 Å². The average Bonchev–Trinajstić information content (AvgIpc) is 2.14. The van der Waals surface area contributed by atoms with Gasteiger partial charge in [-0.15, -0.1) is 0 Å². The molecule has 1 rings (SSSR count). The Hall–Kier alpha value is -1.02. The van der Waals surface area contributed by atoms with Crippen molar-refractivity contribution in [1.82, 2.24) is 4.98 Å². The summed E-state index contributed by atoms with van der Waals surface area (Å²) in [6.45, 7) is 0. The molecule has 90 valence electrons. The van der Waals surface area contributed by atoms with Crippen molar-refractivity contribution in [2.24, 2.45) is 0 Å². The Morgan fingerprint density at radius 2 is 2.06 bits per heavy atom. The van der Waals surface area contributed by atoms with Crippen LogP contribution in [0.3, 0.4) is 0 Å². The molecule has 4 nitrogen and oxygen atoms in total. The number of pyridine rings is 1. The molecule has 0 spiro atoms. The summed E-state index contributed by atoms with van der Waals surface area (Å²) in [4.78, 5) is 1.98. The maximum atomic E-state index is 12.8. The zero-order valence-electron chi connectivity index (χ0n) is 7.75. The van der Waals surface area contributed by atoms with Crippen molar-refractivity contribution >= 4 is 19.7 Å². The van der Waals surface area contributed by atoms with E-state index in [4.69, 9.17) is 10.7 Å². The number of aromatic nitrogens is 1. The van der Waals surface area contributed by atoms with E-state index in [9.17, 15) is 21.6 Å². The van der Waals surface area contributed by atoms with E-state index in [1.165, 1.54) is 0 Å². The summed E-state index contributed by atoms with van der Waals surface area (Å²) in [5, 5.41) is 0. The van der Waals surface area contributed by atoms with Crippen molar-refractivity contribution < 1.29 is 26.3 Å².